The van der Waals surface area contributed by atoms with Crippen molar-refractivity contribution in [2.75, 3.05) is 0 Å². The Balaban J connectivity index is 2.82. The lowest BCUT2D eigenvalue weighted by Crippen LogP contribution is -1.92. The molecule has 3 nitrogen and oxygen atoms in total. The summed E-state index contributed by atoms with van der Waals surface area (Å²) in [6, 6.07) is 3.00. The largest absolute Gasteiger partial charge is 0.390 e. The molecule has 2 heterocycles. The Bertz CT molecular complexity index is 464. The van der Waals surface area contributed by atoms with Crippen LogP contribution in [-0.2, 0) is 13.0 Å². The van der Waals surface area contributed by atoms with E-state index in [2.05, 4.69) is 4.98 Å². The first-order chi connectivity index (χ1) is 6.77. The number of fused-ring (bicyclic) bond motifs is 1. The molecule has 0 aliphatic carbocycles. The van der Waals surface area contributed by atoms with E-state index in [1.165, 1.54) is 6.07 Å². The van der Waals surface area contributed by atoms with Crippen LogP contribution in [0.3, 0.4) is 0 Å². The lowest BCUT2D eigenvalue weighted by Gasteiger charge is -1.98. The van der Waals surface area contributed by atoms with Crippen molar-refractivity contribution in [3.63, 3.8) is 0 Å². The second-order valence-corrected chi connectivity index (χ2v) is 3.06. The number of halogens is 1. The predicted octanol–water partition coefficient (Wildman–Crippen LogP) is 1.53. The number of hydrogen-bond donors (Lipinski definition) is 1. The smallest absolute Gasteiger partial charge is 0.149 e. The van der Waals surface area contributed by atoms with E-state index in [-0.39, 0.29) is 12.4 Å². The summed E-state index contributed by atoms with van der Waals surface area (Å²) in [4.78, 5) is 4.16. The minimum Gasteiger partial charge on any atom is -0.390 e. The highest BCUT2D eigenvalue weighted by Crippen LogP contribution is 2.17. The minimum atomic E-state index is -0.344. The Labute approximate surface area is 80.8 Å². The van der Waals surface area contributed by atoms with E-state index in [0.717, 1.165) is 5.82 Å². The number of pyridine rings is 1. The molecule has 2 rings (SSSR count). The Morgan fingerprint density at radius 2 is 2.36 bits per heavy atom. The number of nitrogens with zero attached hydrogens (tertiary/aromatic N) is 2. The number of hydrogen-bond acceptors (Lipinski definition) is 2. The van der Waals surface area contributed by atoms with Crippen molar-refractivity contribution >= 4 is 5.52 Å². The van der Waals surface area contributed by atoms with E-state index in [0.29, 0.717) is 17.6 Å². The summed E-state index contributed by atoms with van der Waals surface area (Å²) >= 11 is 0. The van der Waals surface area contributed by atoms with Gasteiger partial charge in [0, 0.05) is 12.6 Å². The van der Waals surface area contributed by atoms with Gasteiger partial charge in [0.25, 0.3) is 0 Å². The van der Waals surface area contributed by atoms with E-state index in [9.17, 15) is 4.39 Å². The lowest BCUT2D eigenvalue weighted by atomic mass is 10.3. The second-order valence-electron chi connectivity index (χ2n) is 3.06. The highest BCUT2D eigenvalue weighted by atomic mass is 19.1. The Hall–Kier alpha value is -1.42. The molecule has 0 saturated carbocycles. The minimum absolute atomic E-state index is 0.232. The number of aliphatic hydroxyl groups is 1. The summed E-state index contributed by atoms with van der Waals surface area (Å²) in [5.74, 6) is 0.423. The topological polar surface area (TPSA) is 37.5 Å². The quantitative estimate of drug-likeness (QED) is 0.787. The van der Waals surface area contributed by atoms with E-state index in [1.807, 2.05) is 6.92 Å². The molecular weight excluding hydrogens is 183 g/mol. The Morgan fingerprint density at radius 1 is 1.57 bits per heavy atom. The summed E-state index contributed by atoms with van der Waals surface area (Å²) in [5, 5.41) is 9.03. The molecule has 2 aromatic rings. The average molecular weight is 194 g/mol. The molecule has 0 bridgehead atoms. The van der Waals surface area contributed by atoms with E-state index in [1.54, 1.807) is 16.7 Å². The van der Waals surface area contributed by atoms with Gasteiger partial charge in [0.2, 0.25) is 0 Å². The zero-order chi connectivity index (χ0) is 10.1. The first-order valence-electron chi connectivity index (χ1n) is 4.53. The van der Waals surface area contributed by atoms with Gasteiger partial charge in [-0.25, -0.2) is 9.37 Å². The highest BCUT2D eigenvalue weighted by Gasteiger charge is 2.11. The molecule has 0 aliphatic rings. The highest BCUT2D eigenvalue weighted by molar-refractivity contribution is 5.54. The zero-order valence-electron chi connectivity index (χ0n) is 7.87. The van der Waals surface area contributed by atoms with Gasteiger partial charge in [-0.1, -0.05) is 6.92 Å². The summed E-state index contributed by atoms with van der Waals surface area (Å²) in [5.41, 5.74) is 0.784. The van der Waals surface area contributed by atoms with Gasteiger partial charge >= 0.3 is 0 Å². The van der Waals surface area contributed by atoms with Gasteiger partial charge < -0.3 is 9.51 Å². The standard InChI is InChI=1S/C10H11FN2O/c1-2-9-12-8(6-14)10-7(11)4-3-5-13(9)10/h3-5,14H,2,6H2,1H3. The maximum atomic E-state index is 13.4. The molecule has 0 atom stereocenters. The van der Waals surface area contributed by atoms with Crippen LogP contribution in [-0.4, -0.2) is 14.5 Å². The summed E-state index contributed by atoms with van der Waals surface area (Å²) in [7, 11) is 0. The average Bonchev–Trinajstić information content (AvgIpc) is 2.57. The van der Waals surface area contributed by atoms with Gasteiger partial charge in [-0.3, -0.25) is 0 Å². The molecule has 0 aromatic carbocycles. The molecule has 0 spiro atoms. The molecule has 0 fully saturated rings. The Morgan fingerprint density at radius 3 is 3.00 bits per heavy atom. The van der Waals surface area contributed by atoms with Crippen molar-refractivity contribution < 1.29 is 9.50 Å². The van der Waals surface area contributed by atoms with E-state index < -0.39 is 0 Å². The van der Waals surface area contributed by atoms with Gasteiger partial charge in [-0.05, 0) is 12.1 Å². The number of aromatic nitrogens is 2. The van der Waals surface area contributed by atoms with Crippen LogP contribution in [0.2, 0.25) is 0 Å². The van der Waals surface area contributed by atoms with Gasteiger partial charge in [-0.2, -0.15) is 0 Å². The van der Waals surface area contributed by atoms with Crippen LogP contribution in [0.15, 0.2) is 18.3 Å². The molecule has 0 unspecified atom stereocenters. The zero-order valence-corrected chi connectivity index (χ0v) is 7.87. The SMILES string of the molecule is CCc1nc(CO)c2c(F)cccn12. The monoisotopic (exact) mass is 194 g/mol. The first-order valence-corrected chi connectivity index (χ1v) is 4.53. The summed E-state index contributed by atoms with van der Waals surface area (Å²) < 4.78 is 15.1. The number of aliphatic hydroxyl groups excluding tert-OH is 1. The van der Waals surface area contributed by atoms with Gasteiger partial charge in [0.1, 0.15) is 17.2 Å². The summed E-state index contributed by atoms with van der Waals surface area (Å²) in [6.07, 6.45) is 2.47. The van der Waals surface area contributed by atoms with Crippen LogP contribution in [0.4, 0.5) is 4.39 Å². The van der Waals surface area contributed by atoms with Crippen molar-refractivity contribution in [2.24, 2.45) is 0 Å². The van der Waals surface area contributed by atoms with E-state index in [4.69, 9.17) is 5.11 Å². The van der Waals surface area contributed by atoms with Crippen LogP contribution >= 0.6 is 0 Å². The third-order valence-corrected chi connectivity index (χ3v) is 2.23. The lowest BCUT2D eigenvalue weighted by molar-refractivity contribution is 0.278. The molecule has 1 N–H and O–H groups in total. The molecule has 74 valence electrons. The number of rotatable bonds is 2. The molecule has 2 aromatic heterocycles. The fraction of sp³-hybridized carbons (Fsp3) is 0.300. The van der Waals surface area contributed by atoms with E-state index >= 15 is 0 Å². The molecule has 14 heavy (non-hydrogen) atoms. The molecule has 0 aliphatic heterocycles. The third-order valence-electron chi connectivity index (χ3n) is 2.23. The van der Waals surface area contributed by atoms with Crippen molar-refractivity contribution in [3.8, 4) is 0 Å². The van der Waals surface area contributed by atoms with Crippen molar-refractivity contribution in [1.82, 2.24) is 9.38 Å². The summed E-state index contributed by atoms with van der Waals surface area (Å²) in [6.45, 7) is 1.71. The fourth-order valence-corrected chi connectivity index (χ4v) is 1.60. The molecule has 0 amide bonds. The van der Waals surface area contributed by atoms with Crippen molar-refractivity contribution in [2.45, 2.75) is 20.0 Å². The fourth-order valence-electron chi connectivity index (χ4n) is 1.60. The van der Waals surface area contributed by atoms with Gasteiger partial charge in [0.15, 0.2) is 0 Å². The Kier molecular flexibility index (Phi) is 2.21. The van der Waals surface area contributed by atoms with Crippen LogP contribution in [0.25, 0.3) is 5.52 Å². The van der Waals surface area contributed by atoms with Gasteiger partial charge in [0.05, 0.1) is 12.3 Å². The van der Waals surface area contributed by atoms with Crippen LogP contribution < -0.4 is 0 Å². The van der Waals surface area contributed by atoms with Gasteiger partial charge in [-0.15, -0.1) is 0 Å². The molecule has 0 saturated heterocycles. The van der Waals surface area contributed by atoms with Crippen LogP contribution in [0.5, 0.6) is 0 Å². The number of aryl methyl sites for hydroxylation is 1. The normalized spacial score (nSPS) is 11.1. The molecule has 0 radical (unpaired) electrons. The maximum Gasteiger partial charge on any atom is 0.149 e. The number of imidazole rings is 1. The van der Waals surface area contributed by atoms with Crippen molar-refractivity contribution in [1.29, 1.82) is 0 Å². The first kappa shape index (κ1) is 9.15. The van der Waals surface area contributed by atoms with Crippen LogP contribution in [0.1, 0.15) is 18.4 Å². The van der Waals surface area contributed by atoms with Crippen molar-refractivity contribution in [3.05, 3.63) is 35.7 Å². The molecular formula is C10H11FN2O. The van der Waals surface area contributed by atoms with Crippen LogP contribution in [0, 0.1) is 5.82 Å². The maximum absolute atomic E-state index is 13.4. The molecule has 4 heteroatoms. The predicted molar refractivity (Wildman–Crippen MR) is 50.5 cm³/mol. The third kappa shape index (κ3) is 1.19. The second kappa shape index (κ2) is 3.38.